The van der Waals surface area contributed by atoms with Gasteiger partial charge in [-0.3, -0.25) is 0 Å². The Labute approximate surface area is 113 Å². The van der Waals surface area contributed by atoms with Crippen LogP contribution in [0.25, 0.3) is 11.2 Å². The van der Waals surface area contributed by atoms with Crippen molar-refractivity contribution in [2.24, 2.45) is 5.92 Å². The number of anilines is 1. The Morgan fingerprint density at radius 1 is 1.32 bits per heavy atom. The van der Waals surface area contributed by atoms with Crippen LogP contribution in [0.15, 0.2) is 12.7 Å². The highest BCUT2D eigenvalue weighted by Crippen LogP contribution is 2.16. The van der Waals surface area contributed by atoms with Crippen molar-refractivity contribution >= 4 is 17.0 Å². The van der Waals surface area contributed by atoms with Crippen molar-refractivity contribution in [2.45, 2.75) is 40.2 Å². The molecule has 0 saturated heterocycles. The number of nitrogens with two attached hydrogens (primary N) is 1. The number of aryl methyl sites for hydroxylation is 1. The average molecular weight is 265 g/mol. The molecule has 0 amide bonds. The molecule has 0 aliphatic rings. The third kappa shape index (κ3) is 3.64. The quantitative estimate of drug-likeness (QED) is 0.861. The van der Waals surface area contributed by atoms with Gasteiger partial charge in [0.2, 0.25) is 0 Å². The van der Waals surface area contributed by atoms with E-state index in [1.54, 1.807) is 6.33 Å². The highest BCUT2D eigenvalue weighted by molar-refractivity contribution is 5.80. The van der Waals surface area contributed by atoms with Crippen molar-refractivity contribution < 1.29 is 5.11 Å². The van der Waals surface area contributed by atoms with Gasteiger partial charge in [-0.2, -0.15) is 0 Å². The van der Waals surface area contributed by atoms with Gasteiger partial charge in [0.1, 0.15) is 11.8 Å². The van der Waals surface area contributed by atoms with Crippen molar-refractivity contribution in [1.29, 1.82) is 0 Å². The number of fused-ring (bicyclic) bond motifs is 1. The molecule has 2 aromatic heterocycles. The highest BCUT2D eigenvalue weighted by atomic mass is 16.3. The molecule has 0 spiro atoms. The van der Waals surface area contributed by atoms with Crippen LogP contribution in [-0.2, 0) is 6.54 Å². The number of nitrogens with zero attached hydrogens (tertiary/aromatic N) is 4. The predicted octanol–water partition coefficient (Wildman–Crippen LogP) is 1.84. The fraction of sp³-hybridized carbons (Fsp3) is 0.615. The van der Waals surface area contributed by atoms with E-state index < -0.39 is 0 Å². The molecule has 3 N–H and O–H groups in total. The molecule has 0 aliphatic carbocycles. The van der Waals surface area contributed by atoms with Crippen LogP contribution in [0.4, 0.5) is 5.82 Å². The van der Waals surface area contributed by atoms with E-state index in [2.05, 4.69) is 21.9 Å². The lowest BCUT2D eigenvalue weighted by atomic mass is 10.0. The largest absolute Gasteiger partial charge is 0.396 e. The number of imidazole rings is 1. The summed E-state index contributed by atoms with van der Waals surface area (Å²) in [4.78, 5) is 12.3. The van der Waals surface area contributed by atoms with Crippen molar-refractivity contribution in [3.63, 3.8) is 0 Å². The van der Waals surface area contributed by atoms with Crippen LogP contribution in [0.2, 0.25) is 0 Å². The standard InChI is InChI=1S/C11H17N5O.C2H6/c1-2-8(5-17)3-4-16-7-15-9-10(12)13-6-14-11(9)16;1-2/h6-8,17H,2-5H2,1H3,(H2,12,13,14);1-2H3. The minimum absolute atomic E-state index is 0.222. The lowest BCUT2D eigenvalue weighted by Crippen LogP contribution is -2.09. The summed E-state index contributed by atoms with van der Waals surface area (Å²) < 4.78 is 1.95. The van der Waals surface area contributed by atoms with Gasteiger partial charge in [0, 0.05) is 13.2 Å². The molecule has 6 heteroatoms. The van der Waals surface area contributed by atoms with Crippen LogP contribution in [-0.4, -0.2) is 31.2 Å². The minimum Gasteiger partial charge on any atom is -0.396 e. The number of hydrogen-bond donors (Lipinski definition) is 2. The lowest BCUT2D eigenvalue weighted by Gasteiger charge is -2.11. The van der Waals surface area contributed by atoms with Crippen LogP contribution < -0.4 is 5.73 Å². The van der Waals surface area contributed by atoms with E-state index in [0.29, 0.717) is 17.3 Å². The number of nitrogen functional groups attached to an aromatic ring is 1. The van der Waals surface area contributed by atoms with Gasteiger partial charge in [-0.25, -0.2) is 15.0 Å². The highest BCUT2D eigenvalue weighted by Gasteiger charge is 2.09. The Balaban J connectivity index is 0.000000861. The van der Waals surface area contributed by atoms with E-state index >= 15 is 0 Å². The second-order valence-corrected chi connectivity index (χ2v) is 4.11. The molecular weight excluding hydrogens is 242 g/mol. The molecule has 0 aliphatic heterocycles. The molecule has 19 heavy (non-hydrogen) atoms. The van der Waals surface area contributed by atoms with Gasteiger partial charge in [-0.05, 0) is 12.3 Å². The number of aromatic nitrogens is 4. The Kier molecular flexibility index (Phi) is 6.21. The van der Waals surface area contributed by atoms with Crippen LogP contribution in [0.3, 0.4) is 0 Å². The van der Waals surface area contributed by atoms with Gasteiger partial charge in [-0.15, -0.1) is 0 Å². The fourth-order valence-electron chi connectivity index (χ4n) is 1.81. The fourth-order valence-corrected chi connectivity index (χ4v) is 1.81. The van der Waals surface area contributed by atoms with E-state index in [4.69, 9.17) is 10.8 Å². The summed E-state index contributed by atoms with van der Waals surface area (Å²) in [6.07, 6.45) is 5.04. The van der Waals surface area contributed by atoms with Crippen molar-refractivity contribution in [1.82, 2.24) is 19.5 Å². The summed E-state index contributed by atoms with van der Waals surface area (Å²) in [6.45, 7) is 7.08. The summed E-state index contributed by atoms with van der Waals surface area (Å²) in [5.74, 6) is 0.731. The summed E-state index contributed by atoms with van der Waals surface area (Å²) in [7, 11) is 0. The molecule has 1 atom stereocenters. The van der Waals surface area contributed by atoms with Gasteiger partial charge in [0.25, 0.3) is 0 Å². The van der Waals surface area contributed by atoms with E-state index in [1.807, 2.05) is 18.4 Å². The molecule has 6 nitrogen and oxygen atoms in total. The van der Waals surface area contributed by atoms with Gasteiger partial charge in [-0.1, -0.05) is 27.2 Å². The van der Waals surface area contributed by atoms with Gasteiger partial charge < -0.3 is 15.4 Å². The number of rotatable bonds is 5. The molecule has 0 saturated carbocycles. The Morgan fingerprint density at radius 2 is 2.05 bits per heavy atom. The second kappa shape index (κ2) is 7.68. The van der Waals surface area contributed by atoms with E-state index in [1.165, 1.54) is 6.33 Å². The first-order chi connectivity index (χ1) is 9.26. The van der Waals surface area contributed by atoms with Crippen LogP contribution in [0.5, 0.6) is 0 Å². The number of aliphatic hydroxyl groups is 1. The SMILES string of the molecule is CC.CCC(CO)CCn1cnc2c(N)ncnc21. The first-order valence-electron chi connectivity index (χ1n) is 6.78. The zero-order valence-electron chi connectivity index (χ0n) is 11.9. The number of aliphatic hydroxyl groups excluding tert-OH is 1. The van der Waals surface area contributed by atoms with Crippen LogP contribution >= 0.6 is 0 Å². The Hall–Kier alpha value is -1.69. The van der Waals surface area contributed by atoms with Crippen molar-refractivity contribution in [3.8, 4) is 0 Å². The molecule has 106 valence electrons. The maximum atomic E-state index is 9.14. The number of hydrogen-bond acceptors (Lipinski definition) is 5. The summed E-state index contributed by atoms with van der Waals surface area (Å²) in [5, 5.41) is 9.14. The van der Waals surface area contributed by atoms with Crippen molar-refractivity contribution in [3.05, 3.63) is 12.7 Å². The molecule has 0 fully saturated rings. The second-order valence-electron chi connectivity index (χ2n) is 4.11. The van der Waals surface area contributed by atoms with Gasteiger partial charge >= 0.3 is 0 Å². The normalized spacial score (nSPS) is 12.0. The Bertz CT molecular complexity index is 493. The monoisotopic (exact) mass is 265 g/mol. The third-order valence-corrected chi connectivity index (χ3v) is 3.04. The first-order valence-corrected chi connectivity index (χ1v) is 6.78. The van der Waals surface area contributed by atoms with Crippen LogP contribution in [0.1, 0.15) is 33.6 Å². The Morgan fingerprint density at radius 3 is 2.68 bits per heavy atom. The van der Waals surface area contributed by atoms with E-state index in [0.717, 1.165) is 25.0 Å². The average Bonchev–Trinajstić information content (AvgIpc) is 2.87. The molecule has 1 unspecified atom stereocenters. The van der Waals surface area contributed by atoms with Crippen molar-refractivity contribution in [2.75, 3.05) is 12.3 Å². The summed E-state index contributed by atoms with van der Waals surface area (Å²) >= 11 is 0. The lowest BCUT2D eigenvalue weighted by molar-refractivity contribution is 0.210. The molecule has 2 rings (SSSR count). The van der Waals surface area contributed by atoms with E-state index in [-0.39, 0.29) is 6.61 Å². The predicted molar refractivity (Wildman–Crippen MR) is 76.6 cm³/mol. The third-order valence-electron chi connectivity index (χ3n) is 3.04. The zero-order chi connectivity index (χ0) is 14.3. The maximum absolute atomic E-state index is 9.14. The molecule has 2 aromatic rings. The zero-order valence-corrected chi connectivity index (χ0v) is 11.9. The minimum atomic E-state index is 0.222. The van der Waals surface area contributed by atoms with Crippen LogP contribution in [0, 0.1) is 5.92 Å². The smallest absolute Gasteiger partial charge is 0.165 e. The maximum Gasteiger partial charge on any atom is 0.165 e. The summed E-state index contributed by atoms with van der Waals surface area (Å²) in [5.41, 5.74) is 7.11. The molecule has 2 heterocycles. The molecule has 0 aromatic carbocycles. The van der Waals surface area contributed by atoms with E-state index in [9.17, 15) is 0 Å². The molecule has 0 radical (unpaired) electrons. The first kappa shape index (κ1) is 15.4. The van der Waals surface area contributed by atoms with Gasteiger partial charge in [0.15, 0.2) is 11.5 Å². The molecule has 0 bridgehead atoms. The molecular formula is C13H23N5O. The van der Waals surface area contributed by atoms with Gasteiger partial charge in [0.05, 0.1) is 6.33 Å². The topological polar surface area (TPSA) is 89.8 Å². The summed E-state index contributed by atoms with van der Waals surface area (Å²) in [6, 6.07) is 0.